The maximum absolute atomic E-state index is 13.3. The van der Waals surface area contributed by atoms with Gasteiger partial charge in [0.2, 0.25) is 0 Å². The number of anilines is 1. The second kappa shape index (κ2) is 5.81. The van der Waals surface area contributed by atoms with Crippen molar-refractivity contribution < 1.29 is 12.8 Å². The van der Waals surface area contributed by atoms with E-state index in [2.05, 4.69) is 20.7 Å². The van der Waals surface area contributed by atoms with E-state index in [0.29, 0.717) is 0 Å². The quantitative estimate of drug-likeness (QED) is 0.707. The van der Waals surface area contributed by atoms with Gasteiger partial charge in [-0.2, -0.15) is 0 Å². The third-order valence-corrected chi connectivity index (χ3v) is 6.88. The molecule has 1 aromatic heterocycles. The van der Waals surface area contributed by atoms with E-state index in [9.17, 15) is 12.8 Å². The summed E-state index contributed by atoms with van der Waals surface area (Å²) in [7, 11) is -3.76. The van der Waals surface area contributed by atoms with Crippen molar-refractivity contribution in [3.05, 3.63) is 43.4 Å². The Hall–Kier alpha value is -0.340. The summed E-state index contributed by atoms with van der Waals surface area (Å²) in [6.07, 6.45) is 0. The van der Waals surface area contributed by atoms with Gasteiger partial charge in [0.1, 0.15) is 4.21 Å². The Bertz CT molecular complexity index is 734. The Balaban J connectivity index is 2.38. The number of nitrogens with one attached hydrogen (secondary N) is 1. The lowest BCUT2D eigenvalue weighted by molar-refractivity contribution is 0.603. The predicted octanol–water partition coefficient (Wildman–Crippen LogP) is 5.07. The Morgan fingerprint density at radius 1 is 1.25 bits per heavy atom. The summed E-state index contributed by atoms with van der Waals surface area (Å²) in [6, 6.07) is 3.86. The molecule has 0 atom stereocenters. The molecular weight excluding hydrogens is 412 g/mol. The van der Waals surface area contributed by atoms with Crippen molar-refractivity contribution in [2.75, 3.05) is 4.72 Å². The fourth-order valence-corrected chi connectivity index (χ4v) is 5.14. The van der Waals surface area contributed by atoms with Crippen LogP contribution in [0.4, 0.5) is 10.1 Å². The first kappa shape index (κ1) is 16.0. The monoisotopic (exact) mass is 417 g/mol. The smallest absolute Gasteiger partial charge is 0.271 e. The molecule has 108 valence electrons. The molecule has 0 aliphatic heterocycles. The molecule has 2 aromatic rings. The molecule has 0 bridgehead atoms. The number of halogens is 4. The normalized spacial score (nSPS) is 11.7. The van der Waals surface area contributed by atoms with Crippen LogP contribution in [0.2, 0.25) is 10.0 Å². The molecule has 0 saturated carbocycles. The van der Waals surface area contributed by atoms with Crippen LogP contribution in [0.25, 0.3) is 0 Å². The van der Waals surface area contributed by atoms with Gasteiger partial charge >= 0.3 is 0 Å². The molecule has 2 rings (SSSR count). The van der Waals surface area contributed by atoms with Crippen molar-refractivity contribution in [2.24, 2.45) is 0 Å². The Morgan fingerprint density at radius 3 is 2.25 bits per heavy atom. The molecule has 0 aliphatic rings. The average Bonchev–Trinajstić information content (AvgIpc) is 2.67. The highest BCUT2D eigenvalue weighted by Crippen LogP contribution is 2.33. The van der Waals surface area contributed by atoms with Crippen molar-refractivity contribution in [3.8, 4) is 0 Å². The maximum atomic E-state index is 13.3. The van der Waals surface area contributed by atoms with Crippen LogP contribution >= 0.6 is 50.5 Å². The van der Waals surface area contributed by atoms with Crippen molar-refractivity contribution in [1.82, 2.24) is 0 Å². The highest BCUT2D eigenvalue weighted by atomic mass is 79.9. The molecule has 0 spiro atoms. The van der Waals surface area contributed by atoms with E-state index in [-0.39, 0.29) is 19.9 Å². The molecule has 0 fully saturated rings. The highest BCUT2D eigenvalue weighted by molar-refractivity contribution is 9.11. The largest absolute Gasteiger partial charge is 0.279 e. The molecule has 1 heterocycles. The number of aryl methyl sites for hydroxylation is 1. The van der Waals surface area contributed by atoms with Crippen LogP contribution in [0.5, 0.6) is 0 Å². The van der Waals surface area contributed by atoms with E-state index < -0.39 is 15.8 Å². The third kappa shape index (κ3) is 3.28. The average molecular weight is 419 g/mol. The van der Waals surface area contributed by atoms with Crippen LogP contribution in [0, 0.1) is 12.7 Å². The van der Waals surface area contributed by atoms with E-state index >= 15 is 0 Å². The molecule has 1 N–H and O–H groups in total. The Kier molecular flexibility index (Phi) is 4.66. The van der Waals surface area contributed by atoms with Gasteiger partial charge in [0.05, 0.1) is 19.5 Å². The first-order valence-electron chi connectivity index (χ1n) is 5.14. The molecule has 0 unspecified atom stereocenters. The lowest BCUT2D eigenvalue weighted by Gasteiger charge is -2.08. The van der Waals surface area contributed by atoms with Crippen LogP contribution < -0.4 is 4.72 Å². The van der Waals surface area contributed by atoms with Gasteiger partial charge in [-0.25, -0.2) is 12.8 Å². The summed E-state index contributed by atoms with van der Waals surface area (Å²) in [4.78, 5) is 0. The maximum Gasteiger partial charge on any atom is 0.271 e. The molecule has 0 aliphatic carbocycles. The molecule has 1 aromatic carbocycles. The topological polar surface area (TPSA) is 46.2 Å². The number of rotatable bonds is 3. The molecule has 20 heavy (non-hydrogen) atoms. The summed E-state index contributed by atoms with van der Waals surface area (Å²) in [5, 5.41) is -0.502. The molecule has 0 radical (unpaired) electrons. The number of sulfonamides is 1. The zero-order valence-electron chi connectivity index (χ0n) is 9.88. The second-order valence-electron chi connectivity index (χ2n) is 3.88. The zero-order valence-corrected chi connectivity index (χ0v) is 14.6. The van der Waals surface area contributed by atoms with Gasteiger partial charge in [-0.1, -0.05) is 23.2 Å². The lowest BCUT2D eigenvalue weighted by Crippen LogP contribution is -2.11. The zero-order chi connectivity index (χ0) is 15.1. The standard InChI is InChI=1S/C11H7BrCl2FNO2S2/c1-5-2-9(19-11(5)12)20(17,18)16-6-3-7(13)10(15)8(14)4-6/h2-4,16H,1H3. The third-order valence-electron chi connectivity index (χ3n) is 2.34. The van der Waals surface area contributed by atoms with Crippen LogP contribution in [0.1, 0.15) is 5.56 Å². The minimum absolute atomic E-state index is 0.101. The molecule has 0 amide bonds. The van der Waals surface area contributed by atoms with Crippen molar-refractivity contribution in [1.29, 1.82) is 0 Å². The van der Waals surface area contributed by atoms with Crippen molar-refractivity contribution >= 4 is 66.2 Å². The van der Waals surface area contributed by atoms with Gasteiger partial charge in [0, 0.05) is 0 Å². The first-order chi connectivity index (χ1) is 9.20. The van der Waals surface area contributed by atoms with Crippen LogP contribution in [-0.2, 0) is 10.0 Å². The van der Waals surface area contributed by atoms with E-state index in [1.165, 1.54) is 6.07 Å². The number of hydrogen-bond donors (Lipinski definition) is 1. The minimum atomic E-state index is -3.76. The van der Waals surface area contributed by atoms with E-state index in [0.717, 1.165) is 32.8 Å². The van der Waals surface area contributed by atoms with E-state index in [1.807, 2.05) is 0 Å². The summed E-state index contributed by atoms with van der Waals surface area (Å²) in [5.74, 6) is -0.786. The predicted molar refractivity (Wildman–Crippen MR) is 84.0 cm³/mol. The lowest BCUT2D eigenvalue weighted by atomic mass is 10.3. The van der Waals surface area contributed by atoms with Gasteiger partial charge in [0.15, 0.2) is 5.82 Å². The van der Waals surface area contributed by atoms with Crippen molar-refractivity contribution in [3.63, 3.8) is 0 Å². The second-order valence-corrected chi connectivity index (χ2v) is 8.98. The molecular formula is C11H7BrCl2FNO2S2. The molecule has 9 heteroatoms. The van der Waals surface area contributed by atoms with E-state index in [4.69, 9.17) is 23.2 Å². The van der Waals surface area contributed by atoms with Gasteiger partial charge < -0.3 is 0 Å². The summed E-state index contributed by atoms with van der Waals surface area (Å²) in [6.45, 7) is 1.78. The summed E-state index contributed by atoms with van der Waals surface area (Å²) < 4.78 is 40.8. The Labute approximate surface area is 137 Å². The fraction of sp³-hybridized carbons (Fsp3) is 0.0909. The van der Waals surface area contributed by atoms with Gasteiger partial charge in [-0.15, -0.1) is 11.3 Å². The Morgan fingerprint density at radius 2 is 1.80 bits per heavy atom. The minimum Gasteiger partial charge on any atom is -0.279 e. The van der Waals surface area contributed by atoms with Crippen LogP contribution in [0.3, 0.4) is 0 Å². The van der Waals surface area contributed by atoms with Gasteiger partial charge in [-0.3, -0.25) is 4.72 Å². The molecule has 0 saturated heterocycles. The van der Waals surface area contributed by atoms with Gasteiger partial charge in [-0.05, 0) is 46.6 Å². The van der Waals surface area contributed by atoms with Crippen LogP contribution in [-0.4, -0.2) is 8.42 Å². The number of hydrogen-bond acceptors (Lipinski definition) is 3. The van der Waals surface area contributed by atoms with Gasteiger partial charge in [0.25, 0.3) is 10.0 Å². The van der Waals surface area contributed by atoms with Crippen molar-refractivity contribution in [2.45, 2.75) is 11.1 Å². The molecule has 3 nitrogen and oxygen atoms in total. The number of thiophene rings is 1. The van der Waals surface area contributed by atoms with Crippen LogP contribution in [0.15, 0.2) is 26.2 Å². The summed E-state index contributed by atoms with van der Waals surface area (Å²) in [5.41, 5.74) is 0.911. The number of benzene rings is 1. The van der Waals surface area contributed by atoms with E-state index in [1.54, 1.807) is 6.92 Å². The SMILES string of the molecule is Cc1cc(S(=O)(=O)Nc2cc(Cl)c(F)c(Cl)c2)sc1Br. The first-order valence-corrected chi connectivity index (χ1v) is 8.99. The highest BCUT2D eigenvalue weighted by Gasteiger charge is 2.19. The fourth-order valence-electron chi connectivity index (χ4n) is 1.38. The summed E-state index contributed by atoms with van der Waals surface area (Å²) >= 11 is 15.6.